The van der Waals surface area contributed by atoms with Crippen molar-refractivity contribution in [3.63, 3.8) is 0 Å². The Morgan fingerprint density at radius 3 is 2.96 bits per heavy atom. The minimum absolute atomic E-state index is 0.146. The molecule has 2 heterocycles. The molecular formula is C19H24Cl2N2O3. The number of unbranched alkanes of at least 4 members (excludes halogenated alkanes) is 2. The number of rotatable bonds is 9. The summed E-state index contributed by atoms with van der Waals surface area (Å²) in [7, 11) is 0. The molecule has 7 heteroatoms. The third-order valence-electron chi connectivity index (χ3n) is 4.35. The van der Waals surface area contributed by atoms with Crippen LogP contribution in [0.4, 0.5) is 0 Å². The number of imidazole rings is 1. The third-order valence-corrected chi connectivity index (χ3v) is 4.89. The van der Waals surface area contributed by atoms with Crippen LogP contribution in [-0.2, 0) is 26.5 Å². The summed E-state index contributed by atoms with van der Waals surface area (Å²) in [4.78, 5) is 4.10. The number of hydrogen-bond donors (Lipinski definition) is 0. The molecule has 142 valence electrons. The number of benzene rings is 1. The third kappa shape index (κ3) is 4.78. The van der Waals surface area contributed by atoms with Crippen molar-refractivity contribution < 1.29 is 14.2 Å². The van der Waals surface area contributed by atoms with Gasteiger partial charge in [0.05, 0.1) is 31.1 Å². The van der Waals surface area contributed by atoms with Crippen LogP contribution < -0.4 is 0 Å². The molecule has 1 aliphatic rings. The highest BCUT2D eigenvalue weighted by atomic mass is 35.5. The Balaban J connectivity index is 1.73. The van der Waals surface area contributed by atoms with Crippen molar-refractivity contribution in [2.24, 2.45) is 0 Å². The van der Waals surface area contributed by atoms with Crippen LogP contribution in [0.25, 0.3) is 0 Å². The molecular weight excluding hydrogens is 375 g/mol. The summed E-state index contributed by atoms with van der Waals surface area (Å²) in [5.74, 6) is -0.986. The number of hydrogen-bond acceptors (Lipinski definition) is 4. The van der Waals surface area contributed by atoms with Crippen LogP contribution in [0.1, 0.15) is 31.7 Å². The number of aromatic nitrogens is 2. The summed E-state index contributed by atoms with van der Waals surface area (Å²) < 4.78 is 20.1. The zero-order valence-electron chi connectivity index (χ0n) is 14.9. The lowest BCUT2D eigenvalue weighted by molar-refractivity contribution is -0.191. The van der Waals surface area contributed by atoms with Crippen molar-refractivity contribution in [1.29, 1.82) is 0 Å². The second-order valence-corrected chi connectivity index (χ2v) is 7.29. The summed E-state index contributed by atoms with van der Waals surface area (Å²) in [6.45, 7) is 4.31. The standard InChI is InChI=1S/C19H24Cl2N2O3/c1-2-3-4-9-24-11-16-12-25-19(26-16,13-23-8-7-22-14-23)17-6-5-15(20)10-18(17)21/h5-8,10,14,16H,2-4,9,11-13H2,1H3. The summed E-state index contributed by atoms with van der Waals surface area (Å²) in [5, 5.41) is 1.09. The SMILES string of the molecule is CCCCCOCC1COC(Cn2ccnc2)(c2ccc(Cl)cc2Cl)O1. The van der Waals surface area contributed by atoms with Crippen molar-refractivity contribution >= 4 is 23.2 Å². The first-order valence-corrected chi connectivity index (χ1v) is 9.69. The normalized spacial score (nSPS) is 22.8. The minimum Gasteiger partial charge on any atom is -0.379 e. The number of ether oxygens (including phenoxy) is 3. The second kappa shape index (κ2) is 9.20. The monoisotopic (exact) mass is 398 g/mol. The molecule has 1 saturated heterocycles. The smallest absolute Gasteiger partial charge is 0.215 e. The van der Waals surface area contributed by atoms with Gasteiger partial charge in [-0.25, -0.2) is 4.98 Å². The Labute approximate surface area is 164 Å². The minimum atomic E-state index is -0.986. The zero-order valence-corrected chi connectivity index (χ0v) is 16.4. The molecule has 1 aliphatic heterocycles. The zero-order chi connectivity index (χ0) is 18.4. The highest BCUT2D eigenvalue weighted by molar-refractivity contribution is 6.35. The lowest BCUT2D eigenvalue weighted by atomic mass is 10.1. The molecule has 0 bridgehead atoms. The molecule has 2 aromatic rings. The van der Waals surface area contributed by atoms with Crippen molar-refractivity contribution in [3.8, 4) is 0 Å². The average molecular weight is 399 g/mol. The van der Waals surface area contributed by atoms with E-state index < -0.39 is 5.79 Å². The van der Waals surface area contributed by atoms with E-state index >= 15 is 0 Å². The van der Waals surface area contributed by atoms with Crippen LogP contribution in [0.3, 0.4) is 0 Å². The lowest BCUT2D eigenvalue weighted by Gasteiger charge is -2.30. The topological polar surface area (TPSA) is 45.5 Å². The highest BCUT2D eigenvalue weighted by Crippen LogP contribution is 2.40. The first kappa shape index (κ1) is 19.6. The van der Waals surface area contributed by atoms with Gasteiger partial charge >= 0.3 is 0 Å². The van der Waals surface area contributed by atoms with E-state index in [1.807, 2.05) is 16.8 Å². The molecule has 2 atom stereocenters. The van der Waals surface area contributed by atoms with Gasteiger partial charge in [-0.15, -0.1) is 0 Å². The van der Waals surface area contributed by atoms with Gasteiger partial charge in [-0.3, -0.25) is 0 Å². The van der Waals surface area contributed by atoms with E-state index in [0.717, 1.165) is 18.6 Å². The lowest BCUT2D eigenvalue weighted by Crippen LogP contribution is -2.34. The van der Waals surface area contributed by atoms with Crippen molar-refractivity contribution in [1.82, 2.24) is 9.55 Å². The van der Waals surface area contributed by atoms with Crippen LogP contribution in [0.15, 0.2) is 36.9 Å². The Hall–Kier alpha value is -1.11. The van der Waals surface area contributed by atoms with E-state index in [4.69, 9.17) is 37.4 Å². The van der Waals surface area contributed by atoms with E-state index in [0.29, 0.717) is 29.8 Å². The molecule has 0 radical (unpaired) electrons. The molecule has 0 spiro atoms. The van der Waals surface area contributed by atoms with E-state index in [1.54, 1.807) is 24.7 Å². The molecule has 0 aliphatic carbocycles. The van der Waals surface area contributed by atoms with Gasteiger partial charge in [0.2, 0.25) is 5.79 Å². The highest BCUT2D eigenvalue weighted by Gasteiger charge is 2.45. The van der Waals surface area contributed by atoms with E-state index in [2.05, 4.69) is 11.9 Å². The fourth-order valence-electron chi connectivity index (χ4n) is 3.04. The predicted molar refractivity (Wildman–Crippen MR) is 102 cm³/mol. The molecule has 3 rings (SSSR count). The van der Waals surface area contributed by atoms with Gasteiger partial charge in [-0.2, -0.15) is 0 Å². The van der Waals surface area contributed by atoms with Crippen molar-refractivity contribution in [2.75, 3.05) is 19.8 Å². The van der Waals surface area contributed by atoms with Gasteiger partial charge in [0.1, 0.15) is 6.10 Å². The summed E-state index contributed by atoms with van der Waals surface area (Å²) in [5.41, 5.74) is 0.755. The van der Waals surface area contributed by atoms with Crippen LogP contribution >= 0.6 is 23.2 Å². The van der Waals surface area contributed by atoms with Gasteiger partial charge < -0.3 is 18.8 Å². The second-order valence-electron chi connectivity index (χ2n) is 6.44. The largest absolute Gasteiger partial charge is 0.379 e. The summed E-state index contributed by atoms with van der Waals surface area (Å²) in [6, 6.07) is 5.35. The Morgan fingerprint density at radius 2 is 2.23 bits per heavy atom. The average Bonchev–Trinajstić information content (AvgIpc) is 3.26. The van der Waals surface area contributed by atoms with Crippen LogP contribution in [0, 0.1) is 0 Å². The first-order valence-electron chi connectivity index (χ1n) is 8.94. The molecule has 5 nitrogen and oxygen atoms in total. The van der Waals surface area contributed by atoms with E-state index in [1.165, 1.54) is 12.8 Å². The van der Waals surface area contributed by atoms with Gasteiger partial charge in [0.15, 0.2) is 0 Å². The fourth-order valence-corrected chi connectivity index (χ4v) is 3.60. The Kier molecular flexibility index (Phi) is 6.95. The summed E-state index contributed by atoms with van der Waals surface area (Å²) >= 11 is 12.5. The van der Waals surface area contributed by atoms with Crippen LogP contribution in [-0.4, -0.2) is 35.5 Å². The number of halogens is 2. The first-order chi connectivity index (χ1) is 12.6. The van der Waals surface area contributed by atoms with Gasteiger partial charge in [0.25, 0.3) is 0 Å². The van der Waals surface area contributed by atoms with E-state index in [-0.39, 0.29) is 6.10 Å². The Bertz CT molecular complexity index is 696. The molecule has 0 N–H and O–H groups in total. The van der Waals surface area contributed by atoms with Crippen LogP contribution in [0.2, 0.25) is 10.0 Å². The van der Waals surface area contributed by atoms with E-state index in [9.17, 15) is 0 Å². The van der Waals surface area contributed by atoms with Gasteiger partial charge in [-0.05, 0) is 18.6 Å². The maximum absolute atomic E-state index is 6.45. The quantitative estimate of drug-likeness (QED) is 0.575. The van der Waals surface area contributed by atoms with Crippen molar-refractivity contribution in [2.45, 2.75) is 44.6 Å². The predicted octanol–water partition coefficient (Wildman–Crippen LogP) is 4.67. The molecule has 0 amide bonds. The number of nitrogens with zero attached hydrogens (tertiary/aromatic N) is 2. The molecule has 1 aromatic carbocycles. The molecule has 2 unspecified atom stereocenters. The molecule has 0 saturated carbocycles. The molecule has 1 fully saturated rings. The summed E-state index contributed by atoms with van der Waals surface area (Å²) in [6.07, 6.45) is 8.59. The molecule has 26 heavy (non-hydrogen) atoms. The van der Waals surface area contributed by atoms with Crippen molar-refractivity contribution in [3.05, 3.63) is 52.5 Å². The molecule has 1 aromatic heterocycles. The van der Waals surface area contributed by atoms with Gasteiger partial charge in [0, 0.05) is 29.6 Å². The van der Waals surface area contributed by atoms with Crippen LogP contribution in [0.5, 0.6) is 0 Å². The fraction of sp³-hybridized carbons (Fsp3) is 0.526. The Morgan fingerprint density at radius 1 is 1.35 bits per heavy atom. The maximum atomic E-state index is 6.45. The maximum Gasteiger partial charge on any atom is 0.215 e. The van der Waals surface area contributed by atoms with Gasteiger partial charge in [-0.1, -0.05) is 49.0 Å².